The Bertz CT molecular complexity index is 1450. The second kappa shape index (κ2) is 7.47. The van der Waals surface area contributed by atoms with Crippen LogP contribution in [-0.2, 0) is 14.3 Å². The maximum Gasteiger partial charge on any atom is 0.320 e. The van der Waals surface area contributed by atoms with E-state index in [1.165, 1.54) is 47.4 Å². The number of anilines is 1. The summed E-state index contributed by atoms with van der Waals surface area (Å²) in [5, 5.41) is 0.368. The Morgan fingerprint density at radius 3 is 2.11 bits per heavy atom. The monoisotopic (exact) mass is 509 g/mol. The van der Waals surface area contributed by atoms with Gasteiger partial charge in [-0.2, -0.15) is 0 Å². The van der Waals surface area contributed by atoms with E-state index in [0.717, 1.165) is 0 Å². The largest absolute Gasteiger partial charge is 0.393 e. The molecule has 3 atom stereocenters. The van der Waals surface area contributed by atoms with Gasteiger partial charge < -0.3 is 9.64 Å². The highest BCUT2D eigenvalue weighted by Gasteiger charge is 2.76. The van der Waals surface area contributed by atoms with Gasteiger partial charge in [-0.15, -0.1) is 0 Å². The van der Waals surface area contributed by atoms with Crippen molar-refractivity contribution in [2.75, 3.05) is 4.90 Å². The Kier molecular flexibility index (Phi) is 4.69. The summed E-state index contributed by atoms with van der Waals surface area (Å²) in [5.74, 6) is -6.38. The van der Waals surface area contributed by atoms with Crippen molar-refractivity contribution in [1.82, 2.24) is 0 Å². The Morgan fingerprint density at radius 1 is 0.800 bits per heavy atom. The smallest absolute Gasteiger partial charge is 0.320 e. The van der Waals surface area contributed by atoms with Crippen molar-refractivity contribution in [2.24, 2.45) is 11.8 Å². The highest BCUT2D eigenvalue weighted by Crippen LogP contribution is 2.60. The van der Waals surface area contributed by atoms with Crippen LogP contribution in [0.1, 0.15) is 32.3 Å². The second-order valence-corrected chi connectivity index (χ2v) is 9.50. The number of hydrogen-bond donors (Lipinski definition) is 0. The first-order chi connectivity index (χ1) is 16.8. The molecule has 0 N–H and O–H groups in total. The standard InChI is InChI=1S/C26H14Cl2FNO5/c27-17-9-8-14(11-18(17)28)30-21(12-4-3-5-13(29)10-12)19-20(25(34)35-24(19)33)26(30)22(31)15-6-1-2-7-16(15)23(26)32/h1-11,19-21H/t19-,20+,21+/m1/s1. The molecule has 3 aromatic rings. The predicted molar refractivity (Wildman–Crippen MR) is 124 cm³/mol. The minimum atomic E-state index is -2.12. The molecule has 0 saturated carbocycles. The summed E-state index contributed by atoms with van der Waals surface area (Å²) in [5.41, 5.74) is -1.28. The van der Waals surface area contributed by atoms with Crippen LogP contribution in [0.3, 0.4) is 0 Å². The van der Waals surface area contributed by atoms with Gasteiger partial charge >= 0.3 is 11.9 Å². The Balaban J connectivity index is 1.70. The summed E-state index contributed by atoms with van der Waals surface area (Å²) in [7, 11) is 0. The number of hydrogen-bond acceptors (Lipinski definition) is 6. The summed E-state index contributed by atoms with van der Waals surface area (Å²) in [6, 6.07) is 15.1. The van der Waals surface area contributed by atoms with Gasteiger partial charge in [0.15, 0.2) is 17.1 Å². The first-order valence-corrected chi connectivity index (χ1v) is 11.5. The quantitative estimate of drug-likeness (QED) is 0.363. The number of esters is 2. The van der Waals surface area contributed by atoms with Crippen molar-refractivity contribution in [3.8, 4) is 0 Å². The van der Waals surface area contributed by atoms with Crippen LogP contribution < -0.4 is 4.90 Å². The molecule has 0 aromatic heterocycles. The van der Waals surface area contributed by atoms with E-state index in [1.807, 2.05) is 0 Å². The van der Waals surface area contributed by atoms with Crippen molar-refractivity contribution < 1.29 is 28.3 Å². The van der Waals surface area contributed by atoms with Crippen molar-refractivity contribution >= 4 is 52.4 Å². The van der Waals surface area contributed by atoms with E-state index in [2.05, 4.69) is 0 Å². The second-order valence-electron chi connectivity index (χ2n) is 8.68. The molecular formula is C26H14Cl2FNO5. The third-order valence-corrected chi connectivity index (χ3v) is 7.75. The number of halogens is 3. The zero-order chi connectivity index (χ0) is 24.6. The molecule has 3 aliphatic rings. The zero-order valence-electron chi connectivity index (χ0n) is 17.7. The van der Waals surface area contributed by atoms with E-state index >= 15 is 0 Å². The van der Waals surface area contributed by atoms with Crippen molar-refractivity contribution in [3.63, 3.8) is 0 Å². The van der Waals surface area contributed by atoms with E-state index in [4.69, 9.17) is 27.9 Å². The van der Waals surface area contributed by atoms with Crippen LogP contribution in [0.5, 0.6) is 0 Å². The molecule has 2 fully saturated rings. The van der Waals surface area contributed by atoms with Crippen molar-refractivity contribution in [2.45, 2.75) is 11.6 Å². The Labute approximate surface area is 208 Å². The number of ether oxygens (including phenoxy) is 1. The van der Waals surface area contributed by atoms with Crippen LogP contribution in [-0.4, -0.2) is 29.0 Å². The number of rotatable bonds is 2. The third kappa shape index (κ3) is 2.76. The summed E-state index contributed by atoms with van der Waals surface area (Å²) in [6.07, 6.45) is 0. The molecule has 2 aliphatic heterocycles. The fraction of sp³-hybridized carbons (Fsp3) is 0.154. The number of carbonyl (C=O) groups excluding carboxylic acids is 4. The number of ketones is 2. The van der Waals surface area contributed by atoms with Crippen LogP contribution in [0.25, 0.3) is 0 Å². The van der Waals surface area contributed by atoms with E-state index in [-0.39, 0.29) is 26.9 Å². The lowest BCUT2D eigenvalue weighted by Gasteiger charge is -2.39. The lowest BCUT2D eigenvalue weighted by atomic mass is 9.76. The van der Waals surface area contributed by atoms with E-state index in [0.29, 0.717) is 5.56 Å². The number of Topliss-reactive ketones (excluding diaryl/α,β-unsaturated/α-hetero) is 2. The number of nitrogens with zero attached hydrogens (tertiary/aromatic N) is 1. The maximum atomic E-state index is 14.3. The average molecular weight is 510 g/mol. The topological polar surface area (TPSA) is 80.8 Å². The van der Waals surface area contributed by atoms with E-state index in [9.17, 15) is 23.6 Å². The predicted octanol–water partition coefficient (Wildman–Crippen LogP) is 4.83. The van der Waals surface area contributed by atoms with Crippen LogP contribution >= 0.6 is 23.2 Å². The van der Waals surface area contributed by atoms with E-state index in [1.54, 1.807) is 24.3 Å². The Hall–Kier alpha value is -3.55. The molecule has 6 nitrogen and oxygen atoms in total. The lowest BCUT2D eigenvalue weighted by Crippen LogP contribution is -2.59. The van der Waals surface area contributed by atoms with E-state index < -0.39 is 52.7 Å². The molecule has 0 amide bonds. The zero-order valence-corrected chi connectivity index (χ0v) is 19.2. The molecule has 1 spiro atoms. The lowest BCUT2D eigenvalue weighted by molar-refractivity contribution is -0.154. The first-order valence-electron chi connectivity index (χ1n) is 10.7. The van der Waals surface area contributed by atoms with Gasteiger partial charge in [0.2, 0.25) is 0 Å². The SMILES string of the molecule is O=C1OC(=O)[C@@H]2[C@@H]1[C@H](c1cccc(F)c1)N(c1ccc(Cl)c(Cl)c1)C21C(=O)c2ccccc2C1=O. The molecule has 2 saturated heterocycles. The van der Waals surface area contributed by atoms with Crippen LogP contribution in [0, 0.1) is 17.7 Å². The summed E-state index contributed by atoms with van der Waals surface area (Å²) < 4.78 is 19.3. The van der Waals surface area contributed by atoms with Crippen LogP contribution in [0.15, 0.2) is 66.7 Å². The minimum absolute atomic E-state index is 0.133. The third-order valence-electron chi connectivity index (χ3n) is 7.02. The number of benzene rings is 3. The highest BCUT2D eigenvalue weighted by molar-refractivity contribution is 6.42. The van der Waals surface area contributed by atoms with Gasteiger partial charge in [-0.25, -0.2) is 4.39 Å². The van der Waals surface area contributed by atoms with Crippen LogP contribution in [0.2, 0.25) is 10.0 Å². The molecule has 0 bridgehead atoms. The molecule has 2 heterocycles. The molecule has 0 unspecified atom stereocenters. The molecule has 9 heteroatoms. The molecule has 1 aliphatic carbocycles. The summed E-state index contributed by atoms with van der Waals surface area (Å²) in [4.78, 5) is 55.8. The van der Waals surface area contributed by atoms with Gasteiger partial charge in [-0.1, -0.05) is 59.6 Å². The first kappa shape index (κ1) is 21.9. The van der Waals surface area contributed by atoms with Gasteiger partial charge in [0.1, 0.15) is 11.7 Å². The molecular weight excluding hydrogens is 496 g/mol. The van der Waals surface area contributed by atoms with Gasteiger partial charge in [0, 0.05) is 16.8 Å². The van der Waals surface area contributed by atoms with Gasteiger partial charge in [0.25, 0.3) is 0 Å². The summed E-state index contributed by atoms with van der Waals surface area (Å²) >= 11 is 12.4. The maximum absolute atomic E-state index is 14.3. The Morgan fingerprint density at radius 2 is 1.49 bits per heavy atom. The van der Waals surface area contributed by atoms with Crippen molar-refractivity contribution in [3.05, 3.63) is 99.3 Å². The van der Waals surface area contributed by atoms with Gasteiger partial charge in [-0.05, 0) is 35.9 Å². The fourth-order valence-corrected chi connectivity index (χ4v) is 6.02. The van der Waals surface area contributed by atoms with Crippen molar-refractivity contribution in [1.29, 1.82) is 0 Å². The average Bonchev–Trinajstić information content (AvgIpc) is 3.40. The van der Waals surface area contributed by atoms with Gasteiger partial charge in [-0.3, -0.25) is 19.2 Å². The fourth-order valence-electron chi connectivity index (χ4n) is 5.73. The molecule has 6 rings (SSSR count). The summed E-state index contributed by atoms with van der Waals surface area (Å²) in [6.45, 7) is 0. The molecule has 3 aromatic carbocycles. The normalized spacial score (nSPS) is 24.2. The molecule has 174 valence electrons. The minimum Gasteiger partial charge on any atom is -0.393 e. The number of cyclic esters (lactones) is 2. The molecule has 0 radical (unpaired) electrons. The number of fused-ring (bicyclic) bond motifs is 3. The highest BCUT2D eigenvalue weighted by atomic mass is 35.5. The number of carbonyl (C=O) groups is 4. The van der Waals surface area contributed by atoms with Gasteiger partial charge in [0.05, 0.1) is 22.0 Å². The van der Waals surface area contributed by atoms with Crippen LogP contribution in [0.4, 0.5) is 10.1 Å². The molecule has 35 heavy (non-hydrogen) atoms.